The molecule has 0 fully saturated rings. The summed E-state index contributed by atoms with van der Waals surface area (Å²) >= 11 is 0. The van der Waals surface area contributed by atoms with Crippen molar-refractivity contribution in [1.29, 1.82) is 0 Å². The Hall–Kier alpha value is -0.200. The van der Waals surface area contributed by atoms with E-state index < -0.39 is 5.60 Å². The molecule has 0 aliphatic heterocycles. The standard InChI is InChI=1S/C14H32N2O3/c1-13(2)15-11-14(3,17)12-16(8-10-19-5)7-6-9-18-4/h13,15,17H,6-12H2,1-5H3. The van der Waals surface area contributed by atoms with Crippen LogP contribution in [-0.2, 0) is 9.47 Å². The first-order chi connectivity index (χ1) is 8.91. The van der Waals surface area contributed by atoms with E-state index in [4.69, 9.17) is 9.47 Å². The Kier molecular flexibility index (Phi) is 10.5. The number of hydrogen-bond acceptors (Lipinski definition) is 5. The molecular weight excluding hydrogens is 244 g/mol. The van der Waals surface area contributed by atoms with E-state index in [-0.39, 0.29) is 0 Å². The minimum atomic E-state index is -0.731. The first-order valence-corrected chi connectivity index (χ1v) is 7.07. The predicted octanol–water partition coefficient (Wildman–Crippen LogP) is 0.720. The predicted molar refractivity (Wildman–Crippen MR) is 78.6 cm³/mol. The summed E-state index contributed by atoms with van der Waals surface area (Å²) in [5.41, 5.74) is -0.731. The van der Waals surface area contributed by atoms with Crippen LogP contribution in [0.3, 0.4) is 0 Å². The summed E-state index contributed by atoms with van der Waals surface area (Å²) in [4.78, 5) is 2.23. The van der Waals surface area contributed by atoms with Crippen LogP contribution >= 0.6 is 0 Å². The largest absolute Gasteiger partial charge is 0.388 e. The molecule has 116 valence electrons. The van der Waals surface area contributed by atoms with E-state index in [1.165, 1.54) is 0 Å². The number of nitrogens with one attached hydrogen (secondary N) is 1. The third-order valence-corrected chi connectivity index (χ3v) is 2.89. The van der Waals surface area contributed by atoms with Gasteiger partial charge in [-0.05, 0) is 13.3 Å². The topological polar surface area (TPSA) is 54.0 Å². The first kappa shape index (κ1) is 18.8. The Morgan fingerprint density at radius 3 is 2.32 bits per heavy atom. The fraction of sp³-hybridized carbons (Fsp3) is 1.00. The van der Waals surface area contributed by atoms with Gasteiger partial charge in [-0.1, -0.05) is 13.8 Å². The number of ether oxygens (including phenoxy) is 2. The normalized spacial score (nSPS) is 15.2. The smallest absolute Gasteiger partial charge is 0.0869 e. The zero-order chi connectivity index (χ0) is 14.7. The molecule has 0 bridgehead atoms. The number of nitrogens with zero attached hydrogens (tertiary/aromatic N) is 1. The van der Waals surface area contributed by atoms with Crippen molar-refractivity contribution in [3.8, 4) is 0 Å². The molecule has 0 heterocycles. The number of methoxy groups -OCH3 is 2. The van der Waals surface area contributed by atoms with Crippen molar-refractivity contribution < 1.29 is 14.6 Å². The number of rotatable bonds is 12. The molecule has 2 N–H and O–H groups in total. The third kappa shape index (κ3) is 11.3. The molecule has 0 spiro atoms. The summed E-state index contributed by atoms with van der Waals surface area (Å²) in [7, 11) is 3.41. The molecule has 0 saturated carbocycles. The molecule has 5 nitrogen and oxygen atoms in total. The van der Waals surface area contributed by atoms with Crippen molar-refractivity contribution in [2.75, 3.05) is 53.6 Å². The third-order valence-electron chi connectivity index (χ3n) is 2.89. The molecule has 0 aromatic rings. The van der Waals surface area contributed by atoms with Gasteiger partial charge in [0.15, 0.2) is 0 Å². The van der Waals surface area contributed by atoms with Crippen molar-refractivity contribution in [2.45, 2.75) is 38.8 Å². The van der Waals surface area contributed by atoms with Crippen LogP contribution in [-0.4, -0.2) is 75.3 Å². The maximum atomic E-state index is 10.4. The van der Waals surface area contributed by atoms with E-state index in [1.807, 2.05) is 6.92 Å². The van der Waals surface area contributed by atoms with Gasteiger partial charge in [0, 0.05) is 53.0 Å². The van der Waals surface area contributed by atoms with Crippen LogP contribution in [0.1, 0.15) is 27.2 Å². The highest BCUT2D eigenvalue weighted by Crippen LogP contribution is 2.07. The van der Waals surface area contributed by atoms with Gasteiger partial charge in [-0.25, -0.2) is 0 Å². The maximum Gasteiger partial charge on any atom is 0.0869 e. The van der Waals surface area contributed by atoms with Gasteiger partial charge in [-0.3, -0.25) is 4.90 Å². The molecule has 5 heteroatoms. The van der Waals surface area contributed by atoms with Gasteiger partial charge >= 0.3 is 0 Å². The molecule has 1 unspecified atom stereocenters. The molecule has 1 atom stereocenters. The van der Waals surface area contributed by atoms with Crippen molar-refractivity contribution >= 4 is 0 Å². The van der Waals surface area contributed by atoms with Gasteiger partial charge in [0.05, 0.1) is 12.2 Å². The van der Waals surface area contributed by atoms with Gasteiger partial charge < -0.3 is 19.9 Å². The van der Waals surface area contributed by atoms with E-state index in [9.17, 15) is 5.11 Å². The fourth-order valence-corrected chi connectivity index (χ4v) is 1.88. The Morgan fingerprint density at radius 1 is 1.16 bits per heavy atom. The second kappa shape index (κ2) is 10.6. The van der Waals surface area contributed by atoms with E-state index in [0.29, 0.717) is 25.7 Å². The molecule has 0 aromatic carbocycles. The van der Waals surface area contributed by atoms with E-state index in [1.54, 1.807) is 14.2 Å². The molecule has 0 aliphatic carbocycles. The van der Waals surface area contributed by atoms with E-state index in [2.05, 4.69) is 24.1 Å². The maximum absolute atomic E-state index is 10.4. The molecular formula is C14H32N2O3. The zero-order valence-electron chi connectivity index (χ0n) is 13.2. The van der Waals surface area contributed by atoms with E-state index in [0.717, 1.165) is 26.1 Å². The lowest BCUT2D eigenvalue weighted by Crippen LogP contribution is -2.49. The summed E-state index contributed by atoms with van der Waals surface area (Å²) in [5.74, 6) is 0. The van der Waals surface area contributed by atoms with Crippen LogP contribution < -0.4 is 5.32 Å². The molecule has 0 aliphatic rings. The van der Waals surface area contributed by atoms with Crippen LogP contribution in [0.2, 0.25) is 0 Å². The SMILES string of the molecule is COCCCN(CCOC)CC(C)(O)CNC(C)C. The summed E-state index contributed by atoms with van der Waals surface area (Å²) in [6.07, 6.45) is 0.966. The Bertz CT molecular complexity index is 211. The zero-order valence-corrected chi connectivity index (χ0v) is 13.2. The van der Waals surface area contributed by atoms with Crippen molar-refractivity contribution in [2.24, 2.45) is 0 Å². The minimum absolute atomic E-state index is 0.382. The molecule has 0 aromatic heterocycles. The van der Waals surface area contributed by atoms with Crippen LogP contribution in [0.25, 0.3) is 0 Å². The molecule has 0 rings (SSSR count). The van der Waals surface area contributed by atoms with Gasteiger partial charge in [0.2, 0.25) is 0 Å². The van der Waals surface area contributed by atoms with Crippen molar-refractivity contribution in [1.82, 2.24) is 10.2 Å². The monoisotopic (exact) mass is 276 g/mol. The van der Waals surface area contributed by atoms with Crippen LogP contribution in [0.4, 0.5) is 0 Å². The van der Waals surface area contributed by atoms with Crippen LogP contribution in [0.5, 0.6) is 0 Å². The average molecular weight is 276 g/mol. The van der Waals surface area contributed by atoms with Crippen molar-refractivity contribution in [3.63, 3.8) is 0 Å². The Labute approximate surface area is 118 Å². The minimum Gasteiger partial charge on any atom is -0.388 e. The summed E-state index contributed by atoms with van der Waals surface area (Å²) < 4.78 is 10.2. The first-order valence-electron chi connectivity index (χ1n) is 7.07. The number of aliphatic hydroxyl groups is 1. The molecule has 0 amide bonds. The average Bonchev–Trinajstić information content (AvgIpc) is 2.33. The van der Waals surface area contributed by atoms with Crippen molar-refractivity contribution in [3.05, 3.63) is 0 Å². The molecule has 0 saturated heterocycles. The molecule has 0 radical (unpaired) electrons. The number of hydrogen-bond donors (Lipinski definition) is 2. The summed E-state index contributed by atoms with van der Waals surface area (Å²) in [6, 6.07) is 0.382. The lowest BCUT2D eigenvalue weighted by molar-refractivity contribution is 0.00972. The van der Waals surface area contributed by atoms with Crippen LogP contribution in [0, 0.1) is 0 Å². The highest BCUT2D eigenvalue weighted by Gasteiger charge is 2.23. The van der Waals surface area contributed by atoms with Gasteiger partial charge in [-0.15, -0.1) is 0 Å². The van der Waals surface area contributed by atoms with Gasteiger partial charge in [-0.2, -0.15) is 0 Å². The van der Waals surface area contributed by atoms with Crippen LogP contribution in [0.15, 0.2) is 0 Å². The van der Waals surface area contributed by atoms with Gasteiger partial charge in [0.25, 0.3) is 0 Å². The highest BCUT2D eigenvalue weighted by atomic mass is 16.5. The quantitative estimate of drug-likeness (QED) is 0.515. The second-order valence-corrected chi connectivity index (χ2v) is 5.65. The Morgan fingerprint density at radius 2 is 1.79 bits per heavy atom. The summed E-state index contributed by atoms with van der Waals surface area (Å²) in [6.45, 7) is 10.4. The van der Waals surface area contributed by atoms with Gasteiger partial charge in [0.1, 0.15) is 0 Å². The Balaban J connectivity index is 4.17. The second-order valence-electron chi connectivity index (χ2n) is 5.65. The molecule has 19 heavy (non-hydrogen) atoms. The lowest BCUT2D eigenvalue weighted by atomic mass is 10.1. The fourth-order valence-electron chi connectivity index (χ4n) is 1.88. The highest BCUT2D eigenvalue weighted by molar-refractivity contribution is 4.81. The lowest BCUT2D eigenvalue weighted by Gasteiger charge is -2.32. The van der Waals surface area contributed by atoms with E-state index >= 15 is 0 Å². The summed E-state index contributed by atoms with van der Waals surface area (Å²) in [5, 5.41) is 13.7.